The fraction of sp³-hybridized carbons (Fsp3) is 0.300. The van der Waals surface area contributed by atoms with Crippen molar-refractivity contribution < 1.29 is 9.53 Å². The van der Waals surface area contributed by atoms with Crippen LogP contribution < -0.4 is 10.1 Å². The van der Waals surface area contributed by atoms with Gasteiger partial charge < -0.3 is 10.1 Å². The minimum atomic E-state index is -0.189. The molecule has 1 fully saturated rings. The lowest BCUT2D eigenvalue weighted by Gasteiger charge is -2.28. The van der Waals surface area contributed by atoms with Crippen molar-refractivity contribution in [1.29, 1.82) is 0 Å². The number of nitrogens with one attached hydrogen (secondary N) is 1. The first-order chi connectivity index (χ1) is 12.7. The van der Waals surface area contributed by atoms with Crippen molar-refractivity contribution in [2.45, 2.75) is 19.8 Å². The van der Waals surface area contributed by atoms with Crippen LogP contribution in [0, 0.1) is 0 Å². The van der Waals surface area contributed by atoms with E-state index in [2.05, 4.69) is 24.4 Å². The zero-order valence-corrected chi connectivity index (χ0v) is 15.9. The molecule has 1 N–H and O–H groups in total. The van der Waals surface area contributed by atoms with E-state index in [0.29, 0.717) is 18.0 Å². The van der Waals surface area contributed by atoms with Crippen LogP contribution in [0.5, 0.6) is 5.75 Å². The average Bonchev–Trinajstić information content (AvgIpc) is 2.69. The van der Waals surface area contributed by atoms with Crippen LogP contribution in [0.4, 0.5) is 16.2 Å². The summed E-state index contributed by atoms with van der Waals surface area (Å²) >= 11 is 1.61. The predicted molar refractivity (Wildman–Crippen MR) is 109 cm³/mol. The van der Waals surface area contributed by atoms with Crippen molar-refractivity contribution in [3.05, 3.63) is 54.1 Å². The molecule has 26 heavy (non-hydrogen) atoms. The van der Waals surface area contributed by atoms with Crippen molar-refractivity contribution in [3.8, 4) is 5.75 Å². The number of amides is 2. The summed E-state index contributed by atoms with van der Waals surface area (Å²) in [6.07, 6.45) is 1.94. The fourth-order valence-electron chi connectivity index (χ4n) is 2.69. The van der Waals surface area contributed by atoms with Crippen molar-refractivity contribution >= 4 is 34.3 Å². The lowest BCUT2D eigenvalue weighted by molar-refractivity contribution is 0.234. The Morgan fingerprint density at radius 3 is 2.73 bits per heavy atom. The SMILES string of the molecule is CCc1ccc(N=C2SCCCN2C(=O)Nc2ccccc2OC)cc1. The zero-order chi connectivity index (χ0) is 18.4. The number of ether oxygens (including phenoxy) is 1. The summed E-state index contributed by atoms with van der Waals surface area (Å²) in [5, 5.41) is 3.66. The van der Waals surface area contributed by atoms with Crippen LogP contribution in [0.2, 0.25) is 0 Å². The van der Waals surface area contributed by atoms with Crippen LogP contribution in [0.3, 0.4) is 0 Å². The Labute approximate surface area is 158 Å². The Kier molecular flexibility index (Phi) is 6.17. The second kappa shape index (κ2) is 8.76. The van der Waals surface area contributed by atoms with Gasteiger partial charge in [-0.05, 0) is 42.7 Å². The largest absolute Gasteiger partial charge is 0.495 e. The van der Waals surface area contributed by atoms with Gasteiger partial charge in [0, 0.05) is 12.3 Å². The van der Waals surface area contributed by atoms with Gasteiger partial charge in [0.25, 0.3) is 0 Å². The number of rotatable bonds is 4. The fourth-order valence-corrected chi connectivity index (χ4v) is 3.64. The Balaban J connectivity index is 1.79. The molecule has 1 heterocycles. The predicted octanol–water partition coefficient (Wildman–Crippen LogP) is 4.92. The quantitative estimate of drug-likeness (QED) is 0.832. The van der Waals surface area contributed by atoms with E-state index in [1.54, 1.807) is 23.8 Å². The molecule has 0 radical (unpaired) electrons. The van der Waals surface area contributed by atoms with Gasteiger partial charge in [0.05, 0.1) is 18.5 Å². The molecule has 0 spiro atoms. The highest BCUT2D eigenvalue weighted by Crippen LogP contribution is 2.26. The number of aliphatic imine (C=N–C) groups is 1. The Morgan fingerprint density at radius 1 is 1.23 bits per heavy atom. The maximum absolute atomic E-state index is 12.8. The number of carbonyl (C=O) groups is 1. The Bertz CT molecular complexity index is 790. The van der Waals surface area contributed by atoms with Crippen molar-refractivity contribution in [1.82, 2.24) is 4.90 Å². The van der Waals surface area contributed by atoms with Gasteiger partial charge in [-0.25, -0.2) is 9.79 Å². The molecule has 2 aromatic rings. The Hall–Kier alpha value is -2.47. The molecule has 0 bridgehead atoms. The van der Waals surface area contributed by atoms with Crippen molar-refractivity contribution in [2.24, 2.45) is 4.99 Å². The number of para-hydroxylation sites is 2. The number of hydrogen-bond acceptors (Lipinski definition) is 4. The molecule has 3 rings (SSSR count). The number of nitrogens with zero attached hydrogens (tertiary/aromatic N) is 2. The standard InChI is InChI=1S/C20H23N3O2S/c1-3-15-9-11-16(12-10-15)21-20-23(13-6-14-26-20)19(24)22-17-7-4-5-8-18(17)25-2/h4-5,7-12H,3,6,13-14H2,1-2H3,(H,22,24). The third-order valence-electron chi connectivity index (χ3n) is 4.15. The summed E-state index contributed by atoms with van der Waals surface area (Å²) in [5.74, 6) is 1.60. The molecule has 6 heteroatoms. The summed E-state index contributed by atoms with van der Waals surface area (Å²) in [6.45, 7) is 2.78. The van der Waals surface area contributed by atoms with E-state index in [1.807, 2.05) is 36.4 Å². The summed E-state index contributed by atoms with van der Waals surface area (Å²) in [6, 6.07) is 15.3. The first-order valence-electron chi connectivity index (χ1n) is 8.73. The highest BCUT2D eigenvalue weighted by atomic mass is 32.2. The number of carbonyl (C=O) groups excluding carboxylic acids is 1. The molecule has 0 aliphatic carbocycles. The number of benzene rings is 2. The van der Waals surface area contributed by atoms with Gasteiger partial charge in [0.2, 0.25) is 0 Å². The van der Waals surface area contributed by atoms with Gasteiger partial charge in [0.15, 0.2) is 5.17 Å². The zero-order valence-electron chi connectivity index (χ0n) is 15.1. The summed E-state index contributed by atoms with van der Waals surface area (Å²) in [7, 11) is 1.59. The van der Waals surface area contributed by atoms with E-state index in [-0.39, 0.29) is 6.03 Å². The first kappa shape index (κ1) is 18.3. The van der Waals surface area contributed by atoms with Gasteiger partial charge >= 0.3 is 6.03 Å². The molecule has 1 aliphatic heterocycles. The minimum absolute atomic E-state index is 0.189. The molecular weight excluding hydrogens is 346 g/mol. The number of urea groups is 1. The van der Waals surface area contributed by atoms with E-state index in [9.17, 15) is 4.79 Å². The van der Waals surface area contributed by atoms with Crippen LogP contribution in [0.15, 0.2) is 53.5 Å². The van der Waals surface area contributed by atoms with Crippen LogP contribution in [0.25, 0.3) is 0 Å². The molecule has 2 aromatic carbocycles. The maximum atomic E-state index is 12.8. The maximum Gasteiger partial charge on any atom is 0.328 e. The number of hydrogen-bond donors (Lipinski definition) is 1. The monoisotopic (exact) mass is 369 g/mol. The number of aryl methyl sites for hydroxylation is 1. The molecule has 5 nitrogen and oxygen atoms in total. The molecule has 0 aromatic heterocycles. The number of methoxy groups -OCH3 is 1. The second-order valence-corrected chi connectivity index (χ2v) is 6.96. The number of amidine groups is 1. The van der Waals surface area contributed by atoms with Gasteiger partial charge in [-0.15, -0.1) is 0 Å². The van der Waals surface area contributed by atoms with Crippen LogP contribution in [0.1, 0.15) is 18.9 Å². The minimum Gasteiger partial charge on any atom is -0.495 e. The van der Waals surface area contributed by atoms with Gasteiger partial charge in [-0.1, -0.05) is 43.0 Å². The van der Waals surface area contributed by atoms with Crippen molar-refractivity contribution in [2.75, 3.05) is 24.7 Å². The lowest BCUT2D eigenvalue weighted by Crippen LogP contribution is -2.41. The van der Waals surface area contributed by atoms with Crippen LogP contribution in [-0.2, 0) is 6.42 Å². The summed E-state index contributed by atoms with van der Waals surface area (Å²) < 4.78 is 5.31. The average molecular weight is 369 g/mol. The molecule has 2 amide bonds. The van der Waals surface area contributed by atoms with Crippen LogP contribution >= 0.6 is 11.8 Å². The number of thioether (sulfide) groups is 1. The lowest BCUT2D eigenvalue weighted by atomic mass is 10.2. The van der Waals surface area contributed by atoms with Gasteiger partial charge in [0.1, 0.15) is 5.75 Å². The molecular formula is C20H23N3O2S. The molecule has 0 unspecified atom stereocenters. The second-order valence-electron chi connectivity index (χ2n) is 5.90. The molecule has 1 aliphatic rings. The normalized spacial score (nSPS) is 15.8. The molecule has 1 saturated heterocycles. The summed E-state index contributed by atoms with van der Waals surface area (Å²) in [4.78, 5) is 19.2. The van der Waals surface area contributed by atoms with Crippen LogP contribution in [-0.4, -0.2) is 35.5 Å². The van der Waals surface area contributed by atoms with E-state index >= 15 is 0 Å². The van der Waals surface area contributed by atoms with Crippen molar-refractivity contribution in [3.63, 3.8) is 0 Å². The van der Waals surface area contributed by atoms with Gasteiger partial charge in [-0.2, -0.15) is 0 Å². The van der Waals surface area contributed by atoms with Gasteiger partial charge in [-0.3, -0.25) is 4.90 Å². The summed E-state index contributed by atoms with van der Waals surface area (Å²) in [5.41, 5.74) is 2.79. The van der Waals surface area contributed by atoms with E-state index in [4.69, 9.17) is 9.73 Å². The highest BCUT2D eigenvalue weighted by Gasteiger charge is 2.24. The number of anilines is 1. The molecule has 136 valence electrons. The molecule has 0 atom stereocenters. The topological polar surface area (TPSA) is 53.9 Å². The molecule has 0 saturated carbocycles. The van der Waals surface area contributed by atoms with E-state index < -0.39 is 0 Å². The Morgan fingerprint density at radius 2 is 2.00 bits per heavy atom. The van der Waals surface area contributed by atoms with E-state index in [0.717, 1.165) is 29.4 Å². The smallest absolute Gasteiger partial charge is 0.328 e. The first-order valence-corrected chi connectivity index (χ1v) is 9.71. The third-order valence-corrected chi connectivity index (χ3v) is 5.21. The van der Waals surface area contributed by atoms with E-state index in [1.165, 1.54) is 5.56 Å². The third kappa shape index (κ3) is 4.38. The highest BCUT2D eigenvalue weighted by molar-refractivity contribution is 8.13.